The van der Waals surface area contributed by atoms with Crippen LogP contribution in [0.2, 0.25) is 12.6 Å². The van der Waals surface area contributed by atoms with Gasteiger partial charge in [-0.25, -0.2) is 0 Å². The third-order valence-electron chi connectivity index (χ3n) is 2.98. The number of hydrogen-bond acceptors (Lipinski definition) is 3. The Morgan fingerprint density at radius 3 is 2.86 bits per heavy atom. The van der Waals surface area contributed by atoms with E-state index in [0.717, 1.165) is 25.7 Å². The van der Waals surface area contributed by atoms with E-state index in [2.05, 4.69) is 25.3 Å². The zero-order valence-electron chi connectivity index (χ0n) is 9.88. The Morgan fingerprint density at radius 1 is 1.57 bits per heavy atom. The summed E-state index contributed by atoms with van der Waals surface area (Å²) >= 11 is 0. The second kappa shape index (κ2) is 5.26. The molecular weight excluding hydrogens is 194 g/mol. The Labute approximate surface area is 88.6 Å². The molecule has 1 rings (SSSR count). The highest BCUT2D eigenvalue weighted by molar-refractivity contribution is 6.66. The van der Waals surface area contributed by atoms with E-state index in [-0.39, 0.29) is 0 Å². The minimum Gasteiger partial charge on any atom is -0.398 e. The topological polar surface area (TPSA) is 21.7 Å². The summed E-state index contributed by atoms with van der Waals surface area (Å²) in [5.74, 6) is 0.687. The third-order valence-corrected chi connectivity index (χ3v) is 6.10. The molecule has 3 nitrogen and oxygen atoms in total. The monoisotopic (exact) mass is 217 g/mol. The molecule has 0 saturated carbocycles. The summed E-state index contributed by atoms with van der Waals surface area (Å²) in [7, 11) is -0.0354. The molecule has 0 aliphatic carbocycles. The van der Waals surface area contributed by atoms with Crippen LogP contribution in [-0.4, -0.2) is 46.8 Å². The van der Waals surface area contributed by atoms with E-state index in [1.54, 1.807) is 7.11 Å². The summed E-state index contributed by atoms with van der Waals surface area (Å²) in [4.78, 5) is 2.45. The minimum absolute atomic E-state index is 0.687. The number of likely N-dealkylation sites (N-methyl/N-ethyl adjacent to an activating group) is 1. The number of rotatable bonds is 2. The number of hydrogen-bond donors (Lipinski definition) is 0. The fourth-order valence-corrected chi connectivity index (χ4v) is 4.43. The zero-order valence-corrected chi connectivity index (χ0v) is 10.9. The third kappa shape index (κ3) is 3.35. The summed E-state index contributed by atoms with van der Waals surface area (Å²) < 4.78 is 11.4. The van der Waals surface area contributed by atoms with Crippen LogP contribution < -0.4 is 0 Å². The summed E-state index contributed by atoms with van der Waals surface area (Å²) in [6.45, 7) is 10.9. The van der Waals surface area contributed by atoms with Gasteiger partial charge in [0.15, 0.2) is 0 Å². The van der Waals surface area contributed by atoms with Crippen LogP contribution >= 0.6 is 0 Å². The molecule has 0 aromatic heterocycles. The van der Waals surface area contributed by atoms with Crippen molar-refractivity contribution in [1.29, 1.82) is 0 Å². The number of nitrogens with zero attached hydrogens (tertiary/aromatic N) is 1. The normalized spacial score (nSPS) is 36.4. The molecule has 0 aromatic carbocycles. The molecule has 0 spiro atoms. The van der Waals surface area contributed by atoms with Gasteiger partial charge in [-0.05, 0) is 25.1 Å². The molecule has 2 unspecified atom stereocenters. The van der Waals surface area contributed by atoms with Gasteiger partial charge in [0.1, 0.15) is 0 Å². The van der Waals surface area contributed by atoms with E-state index in [1.807, 2.05) is 0 Å². The van der Waals surface area contributed by atoms with Gasteiger partial charge in [-0.3, -0.25) is 0 Å². The Kier molecular flexibility index (Phi) is 4.57. The van der Waals surface area contributed by atoms with Crippen LogP contribution in [0.5, 0.6) is 0 Å². The van der Waals surface area contributed by atoms with E-state index in [4.69, 9.17) is 8.85 Å². The van der Waals surface area contributed by atoms with Crippen LogP contribution in [0.3, 0.4) is 0 Å². The predicted molar refractivity (Wildman–Crippen MR) is 60.7 cm³/mol. The van der Waals surface area contributed by atoms with Gasteiger partial charge in [0.2, 0.25) is 0 Å². The van der Waals surface area contributed by atoms with E-state index in [1.165, 1.54) is 6.54 Å². The first kappa shape index (κ1) is 12.2. The lowest BCUT2D eigenvalue weighted by molar-refractivity contribution is 0.135. The molecule has 0 bridgehead atoms. The van der Waals surface area contributed by atoms with Crippen molar-refractivity contribution in [2.45, 2.75) is 26.4 Å². The van der Waals surface area contributed by atoms with Crippen molar-refractivity contribution in [2.75, 3.05) is 33.4 Å². The standard InChI is InChI=1S/C10H23NO2Si/c1-5-11-6-7-13-14(4,12-3)9-10(2)8-11/h10H,5-9H2,1-4H3. The highest BCUT2D eigenvalue weighted by Gasteiger charge is 2.34. The maximum Gasteiger partial charge on any atom is 0.335 e. The van der Waals surface area contributed by atoms with Gasteiger partial charge in [-0.2, -0.15) is 0 Å². The zero-order chi connectivity index (χ0) is 10.6. The summed E-state index contributed by atoms with van der Waals surface area (Å²) in [6, 6.07) is 1.11. The molecule has 1 heterocycles. The van der Waals surface area contributed by atoms with Crippen LogP contribution in [0.15, 0.2) is 0 Å². The molecule has 1 aliphatic rings. The highest BCUT2D eigenvalue weighted by Crippen LogP contribution is 2.21. The summed E-state index contributed by atoms with van der Waals surface area (Å²) in [6.07, 6.45) is 0. The Balaban J connectivity index is 2.53. The predicted octanol–water partition coefficient (Wildman–Crippen LogP) is 1.69. The molecule has 0 aromatic rings. The molecule has 2 atom stereocenters. The molecule has 1 aliphatic heterocycles. The van der Waals surface area contributed by atoms with Crippen LogP contribution in [0.4, 0.5) is 0 Å². The lowest BCUT2D eigenvalue weighted by Gasteiger charge is -2.34. The van der Waals surface area contributed by atoms with Crippen LogP contribution in [-0.2, 0) is 8.85 Å². The second-order valence-corrected chi connectivity index (χ2v) is 7.76. The van der Waals surface area contributed by atoms with Crippen molar-refractivity contribution >= 4 is 8.56 Å². The van der Waals surface area contributed by atoms with E-state index < -0.39 is 8.56 Å². The lowest BCUT2D eigenvalue weighted by Crippen LogP contribution is -2.46. The van der Waals surface area contributed by atoms with E-state index in [0.29, 0.717) is 5.92 Å². The minimum atomic E-state index is -1.83. The Bertz CT molecular complexity index is 180. The molecule has 1 saturated heterocycles. The van der Waals surface area contributed by atoms with Gasteiger partial charge in [-0.1, -0.05) is 13.8 Å². The molecule has 0 amide bonds. The summed E-state index contributed by atoms with van der Waals surface area (Å²) in [5, 5.41) is 0. The van der Waals surface area contributed by atoms with Gasteiger partial charge in [-0.15, -0.1) is 0 Å². The van der Waals surface area contributed by atoms with Crippen molar-refractivity contribution in [2.24, 2.45) is 5.92 Å². The fraction of sp³-hybridized carbons (Fsp3) is 1.00. The quantitative estimate of drug-likeness (QED) is 0.657. The average Bonchev–Trinajstić information content (AvgIpc) is 2.13. The van der Waals surface area contributed by atoms with Gasteiger partial charge in [0, 0.05) is 26.8 Å². The van der Waals surface area contributed by atoms with Gasteiger partial charge >= 0.3 is 8.56 Å². The highest BCUT2D eigenvalue weighted by atomic mass is 28.4. The largest absolute Gasteiger partial charge is 0.398 e. The first-order chi connectivity index (χ1) is 6.59. The van der Waals surface area contributed by atoms with Crippen LogP contribution in [0.25, 0.3) is 0 Å². The van der Waals surface area contributed by atoms with E-state index >= 15 is 0 Å². The molecule has 1 fully saturated rings. The lowest BCUT2D eigenvalue weighted by atomic mass is 10.2. The van der Waals surface area contributed by atoms with Crippen molar-refractivity contribution in [3.8, 4) is 0 Å². The van der Waals surface area contributed by atoms with E-state index in [9.17, 15) is 0 Å². The average molecular weight is 217 g/mol. The fourth-order valence-electron chi connectivity index (χ4n) is 2.11. The Morgan fingerprint density at radius 2 is 2.29 bits per heavy atom. The molecule has 84 valence electrons. The van der Waals surface area contributed by atoms with Crippen LogP contribution in [0, 0.1) is 5.92 Å². The van der Waals surface area contributed by atoms with Crippen LogP contribution in [0.1, 0.15) is 13.8 Å². The van der Waals surface area contributed by atoms with Gasteiger partial charge < -0.3 is 13.8 Å². The van der Waals surface area contributed by atoms with Crippen molar-refractivity contribution in [1.82, 2.24) is 4.90 Å². The van der Waals surface area contributed by atoms with Crippen molar-refractivity contribution < 1.29 is 8.85 Å². The maximum absolute atomic E-state index is 5.90. The second-order valence-electron chi connectivity index (χ2n) is 4.39. The van der Waals surface area contributed by atoms with Crippen molar-refractivity contribution in [3.63, 3.8) is 0 Å². The maximum atomic E-state index is 5.90. The molecule has 4 heteroatoms. The molecular formula is C10H23NO2Si. The molecule has 0 N–H and O–H groups in total. The van der Waals surface area contributed by atoms with Gasteiger partial charge in [0.25, 0.3) is 0 Å². The summed E-state index contributed by atoms with van der Waals surface area (Å²) in [5.41, 5.74) is 0. The SMILES string of the molecule is CCN1CCO[Si](C)(OC)CC(C)C1. The smallest absolute Gasteiger partial charge is 0.335 e. The first-order valence-electron chi connectivity index (χ1n) is 5.51. The molecule has 14 heavy (non-hydrogen) atoms. The molecule has 0 radical (unpaired) electrons. The van der Waals surface area contributed by atoms with Gasteiger partial charge in [0.05, 0.1) is 0 Å². The Hall–Kier alpha value is 0.0969. The first-order valence-corrected chi connectivity index (χ1v) is 8.03. The van der Waals surface area contributed by atoms with Crippen molar-refractivity contribution in [3.05, 3.63) is 0 Å².